The van der Waals surface area contributed by atoms with Crippen molar-refractivity contribution in [2.24, 2.45) is 10.8 Å². The Morgan fingerprint density at radius 2 is 1.82 bits per heavy atom. The van der Waals surface area contributed by atoms with Gasteiger partial charge < -0.3 is 10.1 Å². The Bertz CT molecular complexity index is 821. The van der Waals surface area contributed by atoms with E-state index in [-0.39, 0.29) is 11.3 Å². The zero-order valence-corrected chi connectivity index (χ0v) is 17.2. The second-order valence-electron chi connectivity index (χ2n) is 8.29. The maximum atomic E-state index is 13.0. The normalized spacial score (nSPS) is 28.2. The lowest BCUT2D eigenvalue weighted by Crippen LogP contribution is -2.53. The topological polar surface area (TPSA) is 79.0 Å². The summed E-state index contributed by atoms with van der Waals surface area (Å²) < 4.78 is 32.8. The number of amides is 1. The molecular weight excluding hydrogens is 378 g/mol. The highest BCUT2D eigenvalue weighted by atomic mass is 32.2. The van der Waals surface area contributed by atoms with E-state index in [0.717, 1.165) is 38.9 Å². The third kappa shape index (κ3) is 3.07. The summed E-state index contributed by atoms with van der Waals surface area (Å²) in [5.74, 6) is 0.145. The number of carbonyl (C=O) groups excluding carboxylic acids is 1. The Hall–Kier alpha value is -1.48. The van der Waals surface area contributed by atoms with Gasteiger partial charge in [0.2, 0.25) is 15.9 Å². The number of fused-ring (bicyclic) bond motifs is 1. The van der Waals surface area contributed by atoms with E-state index < -0.39 is 15.4 Å². The van der Waals surface area contributed by atoms with Crippen LogP contribution in [0.15, 0.2) is 35.2 Å². The number of sulfonamides is 1. The van der Waals surface area contributed by atoms with Crippen LogP contribution in [0.25, 0.3) is 0 Å². The van der Waals surface area contributed by atoms with E-state index >= 15 is 0 Å². The van der Waals surface area contributed by atoms with Crippen LogP contribution in [-0.2, 0) is 19.6 Å². The number of rotatable bonds is 5. The van der Waals surface area contributed by atoms with Crippen molar-refractivity contribution < 1.29 is 17.9 Å². The molecule has 1 aromatic carbocycles. The predicted octanol–water partition coefficient (Wildman–Crippen LogP) is 0.926. The summed E-state index contributed by atoms with van der Waals surface area (Å²) in [6, 6.07) is 8.61. The molecule has 28 heavy (non-hydrogen) atoms. The Balaban J connectivity index is 1.55. The van der Waals surface area contributed by atoms with Crippen LogP contribution >= 0.6 is 0 Å². The van der Waals surface area contributed by atoms with Gasteiger partial charge in [0, 0.05) is 51.8 Å². The quantitative estimate of drug-likeness (QED) is 0.786. The fourth-order valence-electron chi connectivity index (χ4n) is 5.42. The zero-order valence-electron chi connectivity index (χ0n) is 16.4. The van der Waals surface area contributed by atoms with E-state index in [1.54, 1.807) is 35.7 Å². The third-order valence-corrected chi connectivity index (χ3v) is 8.89. The number of hydrogen-bond donors (Lipinski definition) is 1. The molecular formula is C20H29N3O4S. The van der Waals surface area contributed by atoms with Crippen LogP contribution in [0.2, 0.25) is 0 Å². The highest BCUT2D eigenvalue weighted by Crippen LogP contribution is 2.56. The van der Waals surface area contributed by atoms with Crippen molar-refractivity contribution in [1.29, 1.82) is 0 Å². The minimum Gasteiger partial charge on any atom is -0.383 e. The summed E-state index contributed by atoms with van der Waals surface area (Å²) in [7, 11) is -1.79. The molecule has 7 nitrogen and oxygen atoms in total. The van der Waals surface area contributed by atoms with Gasteiger partial charge in [-0.25, -0.2) is 8.42 Å². The molecule has 8 heteroatoms. The van der Waals surface area contributed by atoms with Crippen molar-refractivity contribution in [3.05, 3.63) is 30.3 Å². The molecule has 4 rings (SSSR count). The molecule has 0 aliphatic carbocycles. The molecule has 154 valence electrons. The van der Waals surface area contributed by atoms with Crippen molar-refractivity contribution in [1.82, 2.24) is 14.5 Å². The lowest BCUT2D eigenvalue weighted by molar-refractivity contribution is -0.133. The van der Waals surface area contributed by atoms with Crippen molar-refractivity contribution in [3.8, 4) is 0 Å². The molecule has 0 bridgehead atoms. The van der Waals surface area contributed by atoms with Crippen LogP contribution in [0, 0.1) is 10.8 Å². The van der Waals surface area contributed by atoms with Gasteiger partial charge in [0.05, 0.1) is 16.9 Å². The molecule has 3 aliphatic rings. The standard InChI is InChI=1S/C20H29N3O4S/c1-27-14-13-22-15-19(20(16-22)7-10-21-18(20)24)8-11-23(12-9-19)28(25,26)17-5-3-2-4-6-17/h2-6H,7-16H2,1H3,(H,21,24). The van der Waals surface area contributed by atoms with Gasteiger partial charge in [-0.3, -0.25) is 9.69 Å². The molecule has 0 radical (unpaired) electrons. The minimum absolute atomic E-state index is 0.145. The van der Waals surface area contributed by atoms with Gasteiger partial charge in [-0.1, -0.05) is 18.2 Å². The van der Waals surface area contributed by atoms with Crippen LogP contribution in [0.1, 0.15) is 19.3 Å². The first-order chi connectivity index (χ1) is 13.4. The summed E-state index contributed by atoms with van der Waals surface area (Å²) >= 11 is 0. The smallest absolute Gasteiger partial charge is 0.243 e. The van der Waals surface area contributed by atoms with E-state index in [9.17, 15) is 13.2 Å². The Kier molecular flexibility index (Phi) is 5.24. The Morgan fingerprint density at radius 1 is 1.11 bits per heavy atom. The lowest BCUT2D eigenvalue weighted by Gasteiger charge is -2.46. The number of carbonyl (C=O) groups is 1. The molecule has 3 saturated heterocycles. The van der Waals surface area contributed by atoms with Gasteiger partial charge in [0.15, 0.2) is 0 Å². The summed E-state index contributed by atoms with van der Waals surface area (Å²) in [6.45, 7) is 4.66. The molecule has 1 amide bonds. The second-order valence-corrected chi connectivity index (χ2v) is 10.2. The number of methoxy groups -OCH3 is 1. The molecule has 1 N–H and O–H groups in total. The van der Waals surface area contributed by atoms with E-state index in [1.807, 2.05) is 6.07 Å². The molecule has 3 fully saturated rings. The number of piperidine rings is 1. The average molecular weight is 408 g/mol. The molecule has 3 heterocycles. The number of hydrogen-bond acceptors (Lipinski definition) is 5. The summed E-state index contributed by atoms with van der Waals surface area (Å²) in [5, 5.41) is 3.04. The van der Waals surface area contributed by atoms with Crippen molar-refractivity contribution in [2.75, 3.05) is 53.0 Å². The highest BCUT2D eigenvalue weighted by molar-refractivity contribution is 7.89. The first-order valence-corrected chi connectivity index (χ1v) is 11.4. The molecule has 1 aromatic rings. The summed E-state index contributed by atoms with van der Waals surface area (Å²) in [5.41, 5.74) is -0.562. The predicted molar refractivity (Wildman–Crippen MR) is 105 cm³/mol. The first kappa shape index (κ1) is 19.8. The van der Waals surface area contributed by atoms with E-state index in [0.29, 0.717) is 31.1 Å². The van der Waals surface area contributed by atoms with Crippen LogP contribution < -0.4 is 5.32 Å². The van der Waals surface area contributed by atoms with Crippen LogP contribution in [0.5, 0.6) is 0 Å². The van der Waals surface area contributed by atoms with Crippen molar-refractivity contribution in [3.63, 3.8) is 0 Å². The Morgan fingerprint density at radius 3 is 2.43 bits per heavy atom. The zero-order chi connectivity index (χ0) is 19.8. The van der Waals surface area contributed by atoms with E-state index in [2.05, 4.69) is 10.2 Å². The van der Waals surface area contributed by atoms with Crippen LogP contribution in [0.4, 0.5) is 0 Å². The SMILES string of the molecule is COCCN1CC2(CCN(S(=O)(=O)c3ccccc3)CC2)C2(CCNC2=O)C1. The molecule has 3 aliphatic heterocycles. The summed E-state index contributed by atoms with van der Waals surface area (Å²) in [4.78, 5) is 15.6. The molecule has 1 unspecified atom stereocenters. The monoisotopic (exact) mass is 407 g/mol. The molecule has 1 atom stereocenters. The number of ether oxygens (including phenoxy) is 1. The maximum absolute atomic E-state index is 13.0. The third-order valence-electron chi connectivity index (χ3n) is 6.98. The highest BCUT2D eigenvalue weighted by Gasteiger charge is 2.63. The van der Waals surface area contributed by atoms with Crippen molar-refractivity contribution >= 4 is 15.9 Å². The summed E-state index contributed by atoms with van der Waals surface area (Å²) in [6.07, 6.45) is 2.27. The maximum Gasteiger partial charge on any atom is 0.243 e. The molecule has 2 spiro atoms. The number of benzene rings is 1. The minimum atomic E-state index is -3.49. The van der Waals surface area contributed by atoms with Gasteiger partial charge in [-0.2, -0.15) is 4.31 Å². The van der Waals surface area contributed by atoms with Gasteiger partial charge in [0.1, 0.15) is 0 Å². The Labute approximate surface area is 167 Å². The average Bonchev–Trinajstić information content (AvgIpc) is 3.22. The largest absolute Gasteiger partial charge is 0.383 e. The lowest BCUT2D eigenvalue weighted by atomic mass is 9.60. The molecule has 0 aromatic heterocycles. The fourth-order valence-corrected chi connectivity index (χ4v) is 6.89. The van der Waals surface area contributed by atoms with Gasteiger partial charge >= 0.3 is 0 Å². The van der Waals surface area contributed by atoms with E-state index in [1.165, 1.54) is 0 Å². The van der Waals surface area contributed by atoms with E-state index in [4.69, 9.17) is 4.74 Å². The number of nitrogens with one attached hydrogen (secondary N) is 1. The van der Waals surface area contributed by atoms with Crippen molar-refractivity contribution in [2.45, 2.75) is 24.2 Å². The second kappa shape index (κ2) is 7.40. The van der Waals surface area contributed by atoms with Crippen LogP contribution in [-0.4, -0.2) is 76.5 Å². The molecule has 0 saturated carbocycles. The van der Waals surface area contributed by atoms with Crippen LogP contribution in [0.3, 0.4) is 0 Å². The first-order valence-electron chi connectivity index (χ1n) is 9.98. The van der Waals surface area contributed by atoms with Gasteiger partial charge in [-0.15, -0.1) is 0 Å². The van der Waals surface area contributed by atoms with Gasteiger partial charge in [-0.05, 0) is 31.4 Å². The number of nitrogens with zero attached hydrogens (tertiary/aromatic N) is 2. The number of likely N-dealkylation sites (tertiary alicyclic amines) is 1. The fraction of sp³-hybridized carbons (Fsp3) is 0.650. The van der Waals surface area contributed by atoms with Gasteiger partial charge in [0.25, 0.3) is 0 Å².